The number of nitrogens with zero attached hydrogens (tertiary/aromatic N) is 4. The largest absolute Gasteiger partial charge is 0.311 e. The molecule has 0 aliphatic heterocycles. The number of fused-ring (bicyclic) bond motifs is 3. The van der Waals surface area contributed by atoms with Gasteiger partial charge >= 0.3 is 0 Å². The summed E-state index contributed by atoms with van der Waals surface area (Å²) in [5.41, 5.74) is 17.0. The van der Waals surface area contributed by atoms with Crippen molar-refractivity contribution in [2.24, 2.45) is 0 Å². The second kappa shape index (κ2) is 16.1. The van der Waals surface area contributed by atoms with Crippen molar-refractivity contribution in [1.29, 1.82) is 0 Å². The van der Waals surface area contributed by atoms with Crippen molar-refractivity contribution in [1.82, 2.24) is 4.57 Å². The van der Waals surface area contributed by atoms with Gasteiger partial charge < -0.3 is 19.3 Å². The number of anilines is 9. The summed E-state index contributed by atoms with van der Waals surface area (Å²) in [6, 6.07) is 81.1. The Bertz CT molecular complexity index is 2920. The molecule has 0 aliphatic rings. The summed E-state index contributed by atoms with van der Waals surface area (Å²) < 4.78 is 2.44. The van der Waals surface area contributed by atoms with Crippen molar-refractivity contribution < 1.29 is 0 Å². The zero-order valence-electron chi connectivity index (χ0n) is 34.7. The molecule has 4 nitrogen and oxygen atoms in total. The molecular weight excluding hydrogens is 741 g/mol. The van der Waals surface area contributed by atoms with Crippen LogP contribution in [0.15, 0.2) is 224 Å². The monoisotopic (exact) mass is 786 g/mol. The highest BCUT2D eigenvalue weighted by Gasteiger charge is 2.21. The van der Waals surface area contributed by atoms with Crippen molar-refractivity contribution in [3.63, 3.8) is 0 Å². The normalized spacial score (nSPS) is 11.2. The Morgan fingerprint density at radius 2 is 0.525 bits per heavy atom. The van der Waals surface area contributed by atoms with E-state index in [2.05, 4.69) is 264 Å². The lowest BCUT2D eigenvalue weighted by molar-refractivity contribution is 1.17. The zero-order chi connectivity index (χ0) is 41.3. The number of hydrogen-bond acceptors (Lipinski definition) is 3. The Morgan fingerprint density at radius 1 is 0.262 bits per heavy atom. The molecule has 4 heteroatoms. The van der Waals surface area contributed by atoms with Gasteiger partial charge in [-0.15, -0.1) is 0 Å². The van der Waals surface area contributed by atoms with Crippen LogP contribution in [0.5, 0.6) is 0 Å². The summed E-state index contributed by atoms with van der Waals surface area (Å²) >= 11 is 0. The van der Waals surface area contributed by atoms with E-state index >= 15 is 0 Å². The first-order valence-electron chi connectivity index (χ1n) is 20.9. The highest BCUT2D eigenvalue weighted by atomic mass is 15.2. The minimum absolute atomic E-state index is 1.08. The van der Waals surface area contributed by atoms with E-state index in [-0.39, 0.29) is 0 Å². The minimum Gasteiger partial charge on any atom is -0.311 e. The van der Waals surface area contributed by atoms with Gasteiger partial charge in [0.15, 0.2) is 0 Å². The molecular formula is C57H46N4. The fourth-order valence-electron chi connectivity index (χ4n) is 8.46. The van der Waals surface area contributed by atoms with Crippen molar-refractivity contribution in [2.45, 2.75) is 20.8 Å². The quantitative estimate of drug-likeness (QED) is 0.137. The summed E-state index contributed by atoms with van der Waals surface area (Å²) in [4.78, 5) is 7.02. The van der Waals surface area contributed by atoms with Gasteiger partial charge in [-0.1, -0.05) is 120 Å². The van der Waals surface area contributed by atoms with Crippen LogP contribution in [-0.4, -0.2) is 4.57 Å². The molecule has 10 aromatic rings. The van der Waals surface area contributed by atoms with Crippen LogP contribution in [0.2, 0.25) is 0 Å². The number of aryl methyl sites for hydroxylation is 3. The molecule has 10 rings (SSSR count). The summed E-state index contributed by atoms with van der Waals surface area (Å²) in [5.74, 6) is 0. The highest BCUT2D eigenvalue weighted by Crippen LogP contribution is 2.43. The Balaban J connectivity index is 1.19. The van der Waals surface area contributed by atoms with E-state index in [4.69, 9.17) is 0 Å². The average Bonchev–Trinajstić information content (AvgIpc) is 3.63. The predicted octanol–water partition coefficient (Wildman–Crippen LogP) is 16.1. The molecule has 1 heterocycles. The molecule has 0 unspecified atom stereocenters. The molecule has 9 aromatic carbocycles. The van der Waals surface area contributed by atoms with E-state index in [0.717, 1.165) is 67.9 Å². The van der Waals surface area contributed by atoms with Crippen molar-refractivity contribution in [3.05, 3.63) is 241 Å². The second-order valence-corrected chi connectivity index (χ2v) is 15.8. The first kappa shape index (κ1) is 37.5. The summed E-state index contributed by atoms with van der Waals surface area (Å²) in [6.45, 7) is 6.41. The maximum absolute atomic E-state index is 2.44. The molecule has 0 atom stereocenters. The van der Waals surface area contributed by atoms with E-state index < -0.39 is 0 Å². The molecule has 0 saturated heterocycles. The van der Waals surface area contributed by atoms with Crippen LogP contribution in [0.3, 0.4) is 0 Å². The molecule has 1 aromatic heterocycles. The van der Waals surface area contributed by atoms with E-state index in [1.807, 2.05) is 0 Å². The van der Waals surface area contributed by atoms with Crippen LogP contribution in [0.1, 0.15) is 16.7 Å². The van der Waals surface area contributed by atoms with Gasteiger partial charge in [-0.3, -0.25) is 0 Å². The average molecular weight is 787 g/mol. The van der Waals surface area contributed by atoms with Crippen LogP contribution in [-0.2, 0) is 0 Å². The van der Waals surface area contributed by atoms with Crippen LogP contribution in [0, 0.1) is 20.8 Å². The summed E-state index contributed by atoms with van der Waals surface area (Å²) in [6.07, 6.45) is 0. The van der Waals surface area contributed by atoms with Gasteiger partial charge in [-0.25, -0.2) is 0 Å². The number of para-hydroxylation sites is 3. The topological polar surface area (TPSA) is 14.7 Å². The van der Waals surface area contributed by atoms with Gasteiger partial charge in [0.05, 0.1) is 11.0 Å². The molecule has 0 N–H and O–H groups in total. The third-order valence-corrected chi connectivity index (χ3v) is 11.5. The molecule has 0 fully saturated rings. The molecule has 0 radical (unpaired) electrons. The highest BCUT2D eigenvalue weighted by molar-refractivity contribution is 6.11. The first-order chi connectivity index (χ1) is 30.0. The molecule has 0 aliphatic carbocycles. The molecule has 0 amide bonds. The summed E-state index contributed by atoms with van der Waals surface area (Å²) in [5, 5.41) is 2.39. The fourth-order valence-corrected chi connectivity index (χ4v) is 8.46. The van der Waals surface area contributed by atoms with Crippen molar-refractivity contribution in [2.75, 3.05) is 14.7 Å². The van der Waals surface area contributed by atoms with Gasteiger partial charge in [0, 0.05) is 67.6 Å². The maximum atomic E-state index is 2.44. The second-order valence-electron chi connectivity index (χ2n) is 15.8. The Morgan fingerprint density at radius 3 is 0.852 bits per heavy atom. The molecule has 61 heavy (non-hydrogen) atoms. The zero-order valence-corrected chi connectivity index (χ0v) is 34.7. The first-order valence-corrected chi connectivity index (χ1v) is 20.9. The van der Waals surface area contributed by atoms with Gasteiger partial charge in [-0.2, -0.15) is 0 Å². The van der Waals surface area contributed by atoms with E-state index in [1.165, 1.54) is 27.5 Å². The van der Waals surface area contributed by atoms with E-state index in [1.54, 1.807) is 0 Å². The third-order valence-electron chi connectivity index (χ3n) is 11.5. The Hall–Kier alpha value is -7.82. The standard InChI is InChI=1S/C57H46N4/c1-41-19-25-47(26-20-41)58(44-13-7-4-8-14-44)50-31-33-51(34-32-50)61-56-39-52(59(45-15-9-5-10-16-45)48-27-21-42(2)22-28-48)35-37-54(56)55-38-36-53(40-57(55)61)60(46-17-11-6-12-18-46)49-29-23-43(3)24-30-49/h4-40H,1-3H3. The van der Waals surface area contributed by atoms with Crippen LogP contribution in [0.4, 0.5) is 51.2 Å². The predicted molar refractivity (Wildman–Crippen MR) is 259 cm³/mol. The Labute approximate surface area is 358 Å². The number of hydrogen-bond donors (Lipinski definition) is 0. The lowest BCUT2D eigenvalue weighted by Gasteiger charge is -2.26. The van der Waals surface area contributed by atoms with Crippen LogP contribution < -0.4 is 14.7 Å². The fraction of sp³-hybridized carbons (Fsp3) is 0.0526. The number of rotatable bonds is 10. The minimum atomic E-state index is 1.08. The van der Waals surface area contributed by atoms with Crippen molar-refractivity contribution in [3.8, 4) is 5.69 Å². The number of aromatic nitrogens is 1. The van der Waals surface area contributed by atoms with E-state index in [0.29, 0.717) is 0 Å². The molecule has 294 valence electrons. The maximum Gasteiger partial charge on any atom is 0.0561 e. The van der Waals surface area contributed by atoms with Gasteiger partial charge in [0.1, 0.15) is 0 Å². The smallest absolute Gasteiger partial charge is 0.0561 e. The van der Waals surface area contributed by atoms with Crippen molar-refractivity contribution >= 4 is 73.0 Å². The SMILES string of the molecule is Cc1ccc(N(c2ccccc2)c2ccc(-n3c4cc(N(c5ccccc5)c5ccc(C)cc5)ccc4c4ccc(N(c5ccccc5)c5ccc(C)cc5)cc43)cc2)cc1. The lowest BCUT2D eigenvalue weighted by atomic mass is 10.1. The van der Waals surface area contributed by atoms with Crippen LogP contribution in [0.25, 0.3) is 27.5 Å². The third kappa shape index (κ3) is 7.30. The van der Waals surface area contributed by atoms with E-state index in [9.17, 15) is 0 Å². The Kier molecular flexibility index (Phi) is 9.88. The van der Waals surface area contributed by atoms with Gasteiger partial charge in [0.2, 0.25) is 0 Å². The molecule has 0 spiro atoms. The number of benzene rings is 9. The lowest BCUT2D eigenvalue weighted by Crippen LogP contribution is -2.10. The van der Waals surface area contributed by atoms with Gasteiger partial charge in [0.25, 0.3) is 0 Å². The molecule has 0 saturated carbocycles. The van der Waals surface area contributed by atoms with Crippen LogP contribution >= 0.6 is 0 Å². The molecule has 0 bridgehead atoms. The summed E-state index contributed by atoms with van der Waals surface area (Å²) in [7, 11) is 0. The van der Waals surface area contributed by atoms with Gasteiger partial charge in [-0.05, 0) is 142 Å².